The van der Waals surface area contributed by atoms with Crippen LogP contribution in [0.1, 0.15) is 5.69 Å². The van der Waals surface area contributed by atoms with Crippen molar-refractivity contribution in [2.24, 2.45) is 7.05 Å². The molecule has 2 rings (SSSR count). The van der Waals surface area contributed by atoms with Crippen LogP contribution in [-0.4, -0.2) is 20.0 Å². The first kappa shape index (κ1) is 9.57. The standard InChI is InChI=1S/C9H9FN4O/c1-14-5-7(12-13-14)6-15-8-2-3-9(10)11-4-8/h2-5H,6H2,1H3. The molecule has 2 heterocycles. The zero-order chi connectivity index (χ0) is 10.7. The predicted octanol–water partition coefficient (Wildman–Crippen LogP) is 0.928. The number of aryl methyl sites for hydroxylation is 1. The lowest BCUT2D eigenvalue weighted by Gasteiger charge is -2.01. The van der Waals surface area contributed by atoms with Crippen molar-refractivity contribution in [2.45, 2.75) is 6.61 Å². The number of halogens is 1. The quantitative estimate of drug-likeness (QED) is 0.704. The molecule has 6 heteroatoms. The van der Waals surface area contributed by atoms with E-state index in [-0.39, 0.29) is 0 Å². The lowest BCUT2D eigenvalue weighted by molar-refractivity contribution is 0.299. The van der Waals surface area contributed by atoms with E-state index in [2.05, 4.69) is 15.3 Å². The van der Waals surface area contributed by atoms with Crippen molar-refractivity contribution >= 4 is 0 Å². The van der Waals surface area contributed by atoms with Crippen LogP contribution in [0.25, 0.3) is 0 Å². The monoisotopic (exact) mass is 208 g/mol. The third kappa shape index (κ3) is 2.49. The molecular formula is C9H9FN4O. The summed E-state index contributed by atoms with van der Waals surface area (Å²) in [7, 11) is 1.77. The van der Waals surface area contributed by atoms with Gasteiger partial charge in [0.05, 0.1) is 12.4 Å². The number of rotatable bonds is 3. The average molecular weight is 208 g/mol. The van der Waals surface area contributed by atoms with E-state index in [1.807, 2.05) is 0 Å². The summed E-state index contributed by atoms with van der Waals surface area (Å²) in [6.07, 6.45) is 3.07. The van der Waals surface area contributed by atoms with Gasteiger partial charge in [0.25, 0.3) is 0 Å². The van der Waals surface area contributed by atoms with Gasteiger partial charge in [0.2, 0.25) is 5.95 Å². The Bertz CT molecular complexity index is 440. The first-order chi connectivity index (χ1) is 7.24. The van der Waals surface area contributed by atoms with Gasteiger partial charge < -0.3 is 4.74 Å². The van der Waals surface area contributed by atoms with Crippen LogP contribution in [-0.2, 0) is 13.7 Å². The molecule has 0 radical (unpaired) electrons. The Morgan fingerprint density at radius 3 is 2.93 bits per heavy atom. The molecule has 0 atom stereocenters. The van der Waals surface area contributed by atoms with Gasteiger partial charge in [0.1, 0.15) is 18.1 Å². The first-order valence-corrected chi connectivity index (χ1v) is 4.33. The Balaban J connectivity index is 1.96. The normalized spacial score (nSPS) is 10.3. The van der Waals surface area contributed by atoms with E-state index in [1.165, 1.54) is 18.3 Å². The van der Waals surface area contributed by atoms with E-state index in [4.69, 9.17) is 4.74 Å². The maximum absolute atomic E-state index is 12.5. The molecule has 0 saturated carbocycles. The summed E-state index contributed by atoms with van der Waals surface area (Å²) in [5, 5.41) is 7.60. The predicted molar refractivity (Wildman–Crippen MR) is 49.5 cm³/mol. The SMILES string of the molecule is Cn1cc(COc2ccc(F)nc2)nn1. The van der Waals surface area contributed by atoms with Crippen molar-refractivity contribution in [3.63, 3.8) is 0 Å². The molecule has 2 aromatic rings. The number of aromatic nitrogens is 4. The number of nitrogens with zero attached hydrogens (tertiary/aromatic N) is 4. The molecule has 2 aromatic heterocycles. The van der Waals surface area contributed by atoms with E-state index >= 15 is 0 Å². The third-order valence-electron chi connectivity index (χ3n) is 1.74. The van der Waals surface area contributed by atoms with E-state index in [0.29, 0.717) is 18.1 Å². The first-order valence-electron chi connectivity index (χ1n) is 4.33. The number of hydrogen-bond acceptors (Lipinski definition) is 4. The molecule has 0 aliphatic heterocycles. The Labute approximate surface area is 85.5 Å². The zero-order valence-electron chi connectivity index (χ0n) is 8.09. The fourth-order valence-corrected chi connectivity index (χ4v) is 1.07. The summed E-state index contributed by atoms with van der Waals surface area (Å²) in [5.41, 5.74) is 0.710. The van der Waals surface area contributed by atoms with Crippen LogP contribution in [0, 0.1) is 5.95 Å². The second-order valence-corrected chi connectivity index (χ2v) is 2.99. The molecule has 0 spiro atoms. The van der Waals surface area contributed by atoms with Gasteiger partial charge in [-0.1, -0.05) is 5.21 Å². The molecule has 78 valence electrons. The van der Waals surface area contributed by atoms with Gasteiger partial charge in [-0.3, -0.25) is 4.68 Å². The maximum Gasteiger partial charge on any atom is 0.213 e. The molecule has 0 aromatic carbocycles. The molecule has 0 bridgehead atoms. The van der Waals surface area contributed by atoms with Crippen LogP contribution >= 0.6 is 0 Å². The molecule has 0 amide bonds. The number of pyridine rings is 1. The van der Waals surface area contributed by atoms with Gasteiger partial charge in [-0.05, 0) is 12.1 Å². The Morgan fingerprint density at radius 2 is 2.33 bits per heavy atom. The average Bonchev–Trinajstić information content (AvgIpc) is 2.64. The second-order valence-electron chi connectivity index (χ2n) is 2.99. The van der Waals surface area contributed by atoms with Gasteiger partial charge in [0.15, 0.2) is 0 Å². The smallest absolute Gasteiger partial charge is 0.213 e. The topological polar surface area (TPSA) is 52.8 Å². The van der Waals surface area contributed by atoms with Crippen molar-refractivity contribution in [1.29, 1.82) is 0 Å². The van der Waals surface area contributed by atoms with E-state index < -0.39 is 5.95 Å². The Hall–Kier alpha value is -1.98. The Morgan fingerprint density at radius 1 is 1.47 bits per heavy atom. The number of ether oxygens (including phenoxy) is 1. The molecule has 0 saturated heterocycles. The molecule has 0 aliphatic rings. The minimum atomic E-state index is -0.526. The molecule has 0 N–H and O–H groups in total. The van der Waals surface area contributed by atoms with Crippen molar-refractivity contribution < 1.29 is 9.13 Å². The van der Waals surface area contributed by atoms with E-state index in [1.54, 1.807) is 17.9 Å². The lowest BCUT2D eigenvalue weighted by Crippen LogP contribution is -1.96. The summed E-state index contributed by atoms with van der Waals surface area (Å²) < 4.78 is 19.4. The highest BCUT2D eigenvalue weighted by molar-refractivity contribution is 5.16. The summed E-state index contributed by atoms with van der Waals surface area (Å²) in [4.78, 5) is 3.46. The summed E-state index contributed by atoms with van der Waals surface area (Å²) >= 11 is 0. The minimum Gasteiger partial charge on any atom is -0.486 e. The molecule has 0 unspecified atom stereocenters. The lowest BCUT2D eigenvalue weighted by atomic mass is 10.4. The largest absolute Gasteiger partial charge is 0.486 e. The van der Waals surface area contributed by atoms with Crippen molar-refractivity contribution in [3.05, 3.63) is 36.2 Å². The van der Waals surface area contributed by atoms with Gasteiger partial charge >= 0.3 is 0 Å². The van der Waals surface area contributed by atoms with Crippen LogP contribution in [0.4, 0.5) is 4.39 Å². The fourth-order valence-electron chi connectivity index (χ4n) is 1.07. The van der Waals surface area contributed by atoms with Crippen LogP contribution in [0.15, 0.2) is 24.5 Å². The van der Waals surface area contributed by atoms with Gasteiger partial charge in [0, 0.05) is 7.05 Å². The van der Waals surface area contributed by atoms with Gasteiger partial charge in [-0.25, -0.2) is 4.98 Å². The minimum absolute atomic E-state index is 0.293. The summed E-state index contributed by atoms with van der Waals surface area (Å²) in [6, 6.07) is 2.75. The van der Waals surface area contributed by atoms with Crippen LogP contribution in [0.5, 0.6) is 5.75 Å². The summed E-state index contributed by atoms with van der Waals surface area (Å²) in [6.45, 7) is 0.293. The highest BCUT2D eigenvalue weighted by Crippen LogP contribution is 2.09. The van der Waals surface area contributed by atoms with Crippen molar-refractivity contribution in [3.8, 4) is 5.75 Å². The summed E-state index contributed by atoms with van der Waals surface area (Å²) in [5.74, 6) is -0.0242. The molecule has 0 aliphatic carbocycles. The van der Waals surface area contributed by atoms with Crippen LogP contribution < -0.4 is 4.74 Å². The molecular weight excluding hydrogens is 199 g/mol. The van der Waals surface area contributed by atoms with E-state index in [0.717, 1.165) is 0 Å². The van der Waals surface area contributed by atoms with Crippen molar-refractivity contribution in [1.82, 2.24) is 20.0 Å². The highest BCUT2D eigenvalue weighted by atomic mass is 19.1. The van der Waals surface area contributed by atoms with E-state index in [9.17, 15) is 4.39 Å². The maximum atomic E-state index is 12.5. The molecule has 15 heavy (non-hydrogen) atoms. The van der Waals surface area contributed by atoms with Gasteiger partial charge in [-0.2, -0.15) is 4.39 Å². The highest BCUT2D eigenvalue weighted by Gasteiger charge is 2.00. The van der Waals surface area contributed by atoms with Crippen LogP contribution in [0.3, 0.4) is 0 Å². The Kier molecular flexibility index (Phi) is 2.57. The van der Waals surface area contributed by atoms with Crippen molar-refractivity contribution in [2.75, 3.05) is 0 Å². The number of hydrogen-bond donors (Lipinski definition) is 0. The van der Waals surface area contributed by atoms with Crippen LogP contribution in [0.2, 0.25) is 0 Å². The molecule has 0 fully saturated rings. The fraction of sp³-hybridized carbons (Fsp3) is 0.222. The van der Waals surface area contributed by atoms with Gasteiger partial charge in [-0.15, -0.1) is 5.10 Å². The third-order valence-corrected chi connectivity index (χ3v) is 1.74. The molecule has 5 nitrogen and oxygen atoms in total. The zero-order valence-corrected chi connectivity index (χ0v) is 8.09. The second kappa shape index (κ2) is 4.04.